The first kappa shape index (κ1) is 19.5. The maximum atomic E-state index is 13.4. The molecule has 0 aliphatic carbocycles. The van der Waals surface area contributed by atoms with Crippen molar-refractivity contribution >= 4 is 23.2 Å². The van der Waals surface area contributed by atoms with Gasteiger partial charge in [0.05, 0.1) is 6.54 Å². The molecular formula is C20H26FN7O. The highest BCUT2D eigenvalue weighted by molar-refractivity contribution is 6.02. The summed E-state index contributed by atoms with van der Waals surface area (Å²) in [6.07, 6.45) is 1.53. The third kappa shape index (κ3) is 4.30. The summed E-state index contributed by atoms with van der Waals surface area (Å²) in [5.74, 6) is 1.11. The number of aromatic nitrogens is 2. The minimum atomic E-state index is -0.216. The summed E-state index contributed by atoms with van der Waals surface area (Å²) in [4.78, 5) is 27.2. The van der Waals surface area contributed by atoms with Gasteiger partial charge < -0.3 is 20.4 Å². The molecule has 2 aliphatic heterocycles. The number of rotatable bonds is 5. The van der Waals surface area contributed by atoms with E-state index >= 15 is 0 Å². The fraction of sp³-hybridized carbons (Fsp3) is 0.450. The number of nitrogens with one attached hydrogen (secondary N) is 2. The van der Waals surface area contributed by atoms with Crippen LogP contribution in [-0.2, 0) is 4.79 Å². The van der Waals surface area contributed by atoms with E-state index in [0.29, 0.717) is 11.5 Å². The van der Waals surface area contributed by atoms with Crippen molar-refractivity contribution in [3.05, 3.63) is 42.0 Å². The molecule has 2 N–H and O–H groups in total. The van der Waals surface area contributed by atoms with Crippen LogP contribution in [0.15, 0.2) is 30.6 Å². The fourth-order valence-electron chi connectivity index (χ4n) is 3.92. The molecule has 2 aliphatic rings. The molecule has 3 heterocycles. The number of amides is 1. The Morgan fingerprint density at radius 2 is 1.86 bits per heavy atom. The van der Waals surface area contributed by atoms with Gasteiger partial charge in [-0.1, -0.05) is 12.1 Å². The Kier molecular flexibility index (Phi) is 5.59. The molecule has 1 aromatic carbocycles. The van der Waals surface area contributed by atoms with Crippen molar-refractivity contribution in [3.8, 4) is 0 Å². The molecule has 2 aromatic rings. The van der Waals surface area contributed by atoms with Gasteiger partial charge in [0.2, 0.25) is 5.91 Å². The molecule has 1 saturated heterocycles. The van der Waals surface area contributed by atoms with E-state index in [-0.39, 0.29) is 24.3 Å². The van der Waals surface area contributed by atoms with Crippen LogP contribution in [0.25, 0.3) is 0 Å². The first-order valence-corrected chi connectivity index (χ1v) is 9.79. The predicted octanol–water partition coefficient (Wildman–Crippen LogP) is 1.40. The highest BCUT2D eigenvalue weighted by Gasteiger charge is 2.29. The predicted molar refractivity (Wildman–Crippen MR) is 111 cm³/mol. The number of carbonyl (C=O) groups is 1. The number of carbonyl (C=O) groups excluding carboxylic acids is 1. The Balaban J connectivity index is 1.49. The van der Waals surface area contributed by atoms with Gasteiger partial charge in [0.15, 0.2) is 11.6 Å². The number of nitrogens with zero attached hydrogens (tertiary/aromatic N) is 5. The zero-order valence-corrected chi connectivity index (χ0v) is 16.7. The van der Waals surface area contributed by atoms with Crippen LogP contribution in [-0.4, -0.2) is 79.0 Å². The smallest absolute Gasteiger partial charge is 0.243 e. The molecule has 154 valence electrons. The van der Waals surface area contributed by atoms with Crippen LogP contribution >= 0.6 is 0 Å². The lowest BCUT2D eigenvalue weighted by atomic mass is 10.0. The molecule has 1 amide bonds. The Hall–Kier alpha value is -2.78. The van der Waals surface area contributed by atoms with E-state index in [9.17, 15) is 9.18 Å². The molecule has 0 saturated carbocycles. The minimum Gasteiger partial charge on any atom is -0.359 e. The zero-order chi connectivity index (χ0) is 20.4. The zero-order valence-electron chi connectivity index (χ0n) is 16.7. The summed E-state index contributed by atoms with van der Waals surface area (Å²) in [7, 11) is 4.10. The van der Waals surface area contributed by atoms with Crippen LogP contribution < -0.4 is 15.5 Å². The number of benzene rings is 1. The van der Waals surface area contributed by atoms with Crippen molar-refractivity contribution in [1.29, 1.82) is 0 Å². The second-order valence-electron chi connectivity index (χ2n) is 7.68. The van der Waals surface area contributed by atoms with E-state index in [0.717, 1.165) is 44.1 Å². The number of fused-ring (bicyclic) bond motifs is 1. The highest BCUT2D eigenvalue weighted by atomic mass is 19.1. The molecule has 1 fully saturated rings. The molecule has 0 bridgehead atoms. The van der Waals surface area contributed by atoms with Gasteiger partial charge in [0, 0.05) is 38.8 Å². The quantitative estimate of drug-likeness (QED) is 0.787. The SMILES string of the molecule is CN(C)CC(c1ccc(F)cc1)N1CCN(c2ncnc3c2NC(=O)CN3)CC1. The number of anilines is 3. The lowest BCUT2D eigenvalue weighted by Crippen LogP contribution is -2.50. The molecule has 4 rings (SSSR count). The van der Waals surface area contributed by atoms with Crippen molar-refractivity contribution in [1.82, 2.24) is 19.8 Å². The van der Waals surface area contributed by atoms with E-state index in [4.69, 9.17) is 0 Å². The summed E-state index contributed by atoms with van der Waals surface area (Å²) in [6, 6.07) is 6.98. The molecule has 1 unspecified atom stereocenters. The monoisotopic (exact) mass is 399 g/mol. The van der Waals surface area contributed by atoms with Crippen LogP contribution in [0.1, 0.15) is 11.6 Å². The first-order chi connectivity index (χ1) is 14.0. The second kappa shape index (κ2) is 8.30. The lowest BCUT2D eigenvalue weighted by molar-refractivity contribution is -0.114. The molecule has 8 nitrogen and oxygen atoms in total. The van der Waals surface area contributed by atoms with Crippen molar-refractivity contribution in [2.45, 2.75) is 6.04 Å². The average molecular weight is 399 g/mol. The van der Waals surface area contributed by atoms with Crippen molar-refractivity contribution < 1.29 is 9.18 Å². The van der Waals surface area contributed by atoms with E-state index in [1.54, 1.807) is 0 Å². The summed E-state index contributed by atoms with van der Waals surface area (Å²) in [6.45, 7) is 4.33. The third-order valence-corrected chi connectivity index (χ3v) is 5.36. The molecule has 0 radical (unpaired) electrons. The molecule has 0 spiro atoms. The largest absolute Gasteiger partial charge is 0.359 e. The Labute approximate surface area is 169 Å². The normalized spacial score (nSPS) is 18.2. The van der Waals surface area contributed by atoms with Gasteiger partial charge in [-0.05, 0) is 31.8 Å². The Morgan fingerprint density at radius 1 is 1.14 bits per heavy atom. The van der Waals surface area contributed by atoms with E-state index in [1.165, 1.54) is 18.5 Å². The van der Waals surface area contributed by atoms with Crippen LogP contribution in [0.5, 0.6) is 0 Å². The standard InChI is InChI=1S/C20H26FN7O/c1-26(2)12-16(14-3-5-15(21)6-4-14)27-7-9-28(10-8-27)20-18-19(23-13-24-20)22-11-17(29)25-18/h3-6,13,16H,7-12H2,1-2H3,(H,25,29)(H,22,23,24). The highest BCUT2D eigenvalue weighted by Crippen LogP contribution is 2.33. The van der Waals surface area contributed by atoms with Gasteiger partial charge in [-0.25, -0.2) is 14.4 Å². The molecule has 9 heteroatoms. The van der Waals surface area contributed by atoms with Crippen molar-refractivity contribution in [2.75, 3.05) is 68.9 Å². The Bertz CT molecular complexity index is 866. The van der Waals surface area contributed by atoms with Crippen molar-refractivity contribution in [2.24, 2.45) is 0 Å². The van der Waals surface area contributed by atoms with Crippen LogP contribution in [0.3, 0.4) is 0 Å². The average Bonchev–Trinajstić information content (AvgIpc) is 2.72. The maximum Gasteiger partial charge on any atom is 0.243 e. The van der Waals surface area contributed by atoms with E-state index in [2.05, 4.69) is 49.4 Å². The number of hydrogen-bond acceptors (Lipinski definition) is 7. The molecular weight excluding hydrogens is 373 g/mol. The Morgan fingerprint density at radius 3 is 2.55 bits per heavy atom. The van der Waals surface area contributed by atoms with Gasteiger partial charge >= 0.3 is 0 Å². The second-order valence-corrected chi connectivity index (χ2v) is 7.68. The van der Waals surface area contributed by atoms with Crippen molar-refractivity contribution in [3.63, 3.8) is 0 Å². The van der Waals surface area contributed by atoms with Crippen LogP contribution in [0.2, 0.25) is 0 Å². The fourth-order valence-corrected chi connectivity index (χ4v) is 3.92. The number of piperazine rings is 1. The van der Waals surface area contributed by atoms with Gasteiger partial charge in [0.25, 0.3) is 0 Å². The topological polar surface area (TPSA) is 76.6 Å². The number of hydrogen-bond donors (Lipinski definition) is 2. The lowest BCUT2D eigenvalue weighted by Gasteiger charge is -2.41. The maximum absolute atomic E-state index is 13.4. The van der Waals surface area contributed by atoms with Crippen LogP contribution in [0.4, 0.5) is 21.7 Å². The van der Waals surface area contributed by atoms with Gasteiger partial charge in [-0.15, -0.1) is 0 Å². The molecule has 1 atom stereocenters. The first-order valence-electron chi connectivity index (χ1n) is 9.79. The summed E-state index contributed by atoms with van der Waals surface area (Å²) in [5.41, 5.74) is 1.77. The molecule has 1 aromatic heterocycles. The number of likely N-dealkylation sites (N-methyl/N-ethyl adjacent to an activating group) is 1. The molecule has 29 heavy (non-hydrogen) atoms. The van der Waals surface area contributed by atoms with E-state index in [1.807, 2.05) is 12.1 Å². The van der Waals surface area contributed by atoms with Crippen LogP contribution in [0, 0.1) is 5.82 Å². The third-order valence-electron chi connectivity index (χ3n) is 5.36. The van der Waals surface area contributed by atoms with E-state index < -0.39 is 0 Å². The van der Waals surface area contributed by atoms with Gasteiger partial charge in [0.1, 0.15) is 17.8 Å². The minimum absolute atomic E-state index is 0.0884. The summed E-state index contributed by atoms with van der Waals surface area (Å²) in [5, 5.41) is 5.92. The van der Waals surface area contributed by atoms with Gasteiger partial charge in [-0.2, -0.15) is 0 Å². The van der Waals surface area contributed by atoms with Gasteiger partial charge in [-0.3, -0.25) is 9.69 Å². The summed E-state index contributed by atoms with van der Waals surface area (Å²) < 4.78 is 13.4. The summed E-state index contributed by atoms with van der Waals surface area (Å²) >= 11 is 0. The number of halogens is 1.